The third kappa shape index (κ3) is 3.25. The zero-order valence-electron chi connectivity index (χ0n) is 8.99. The van der Waals surface area contributed by atoms with E-state index >= 15 is 0 Å². The number of likely N-dealkylation sites (N-methyl/N-ethyl adjacent to an activating group) is 1. The molecule has 0 radical (unpaired) electrons. The number of ether oxygens (including phenoxy) is 1. The van der Waals surface area contributed by atoms with Crippen molar-refractivity contribution in [1.29, 1.82) is 0 Å². The molecule has 1 rings (SSSR count). The van der Waals surface area contributed by atoms with Gasteiger partial charge in [-0.05, 0) is 33.7 Å². The lowest BCUT2D eigenvalue weighted by Crippen LogP contribution is -2.34. The Morgan fingerprint density at radius 1 is 1.38 bits per heavy atom. The van der Waals surface area contributed by atoms with Crippen molar-refractivity contribution >= 4 is 0 Å². The molecule has 0 amide bonds. The van der Waals surface area contributed by atoms with Crippen molar-refractivity contribution in [3.05, 3.63) is 0 Å². The molecule has 78 valence electrons. The fourth-order valence-corrected chi connectivity index (χ4v) is 1.62. The minimum Gasteiger partial charge on any atom is -0.372 e. The summed E-state index contributed by atoms with van der Waals surface area (Å²) in [7, 11) is 2.14. The summed E-state index contributed by atoms with van der Waals surface area (Å²) in [5, 5.41) is 0. The van der Waals surface area contributed by atoms with Crippen LogP contribution >= 0.6 is 0 Å². The average molecular weight is 186 g/mol. The molecule has 1 fully saturated rings. The van der Waals surface area contributed by atoms with Crippen LogP contribution in [0.3, 0.4) is 0 Å². The van der Waals surface area contributed by atoms with E-state index in [1.54, 1.807) is 0 Å². The van der Waals surface area contributed by atoms with Crippen LogP contribution < -0.4 is 5.73 Å². The zero-order chi connectivity index (χ0) is 9.84. The van der Waals surface area contributed by atoms with E-state index in [9.17, 15) is 0 Å². The molecule has 0 bridgehead atoms. The van der Waals surface area contributed by atoms with E-state index < -0.39 is 0 Å². The molecule has 0 aromatic heterocycles. The van der Waals surface area contributed by atoms with Gasteiger partial charge in [-0.25, -0.2) is 0 Å². The topological polar surface area (TPSA) is 38.5 Å². The first-order valence-electron chi connectivity index (χ1n) is 5.19. The van der Waals surface area contributed by atoms with Gasteiger partial charge in [0.15, 0.2) is 0 Å². The van der Waals surface area contributed by atoms with E-state index in [-0.39, 0.29) is 0 Å². The van der Waals surface area contributed by atoms with Crippen LogP contribution in [0.25, 0.3) is 0 Å². The molecule has 0 aliphatic carbocycles. The van der Waals surface area contributed by atoms with Crippen LogP contribution in [0.5, 0.6) is 0 Å². The fourth-order valence-electron chi connectivity index (χ4n) is 1.62. The third-order valence-electron chi connectivity index (χ3n) is 2.83. The molecule has 2 atom stereocenters. The van der Waals surface area contributed by atoms with Crippen molar-refractivity contribution in [1.82, 2.24) is 4.90 Å². The van der Waals surface area contributed by atoms with Crippen molar-refractivity contribution in [3.63, 3.8) is 0 Å². The molecule has 0 aromatic carbocycles. The highest BCUT2D eigenvalue weighted by molar-refractivity contribution is 4.76. The monoisotopic (exact) mass is 186 g/mol. The Morgan fingerprint density at radius 2 is 2.00 bits per heavy atom. The summed E-state index contributed by atoms with van der Waals surface area (Å²) < 4.78 is 5.76. The van der Waals surface area contributed by atoms with Gasteiger partial charge in [0.05, 0.1) is 12.2 Å². The van der Waals surface area contributed by atoms with Crippen molar-refractivity contribution in [3.8, 4) is 0 Å². The van der Waals surface area contributed by atoms with E-state index in [4.69, 9.17) is 10.5 Å². The first-order chi connectivity index (χ1) is 6.13. The van der Waals surface area contributed by atoms with E-state index in [2.05, 4.69) is 25.8 Å². The van der Waals surface area contributed by atoms with Gasteiger partial charge in [0.1, 0.15) is 0 Å². The van der Waals surface area contributed by atoms with Gasteiger partial charge in [-0.2, -0.15) is 0 Å². The van der Waals surface area contributed by atoms with Crippen molar-refractivity contribution in [2.45, 2.75) is 44.9 Å². The lowest BCUT2D eigenvalue weighted by atomic mass is 10.2. The van der Waals surface area contributed by atoms with Crippen LogP contribution in [0.2, 0.25) is 0 Å². The third-order valence-corrected chi connectivity index (χ3v) is 2.83. The molecule has 3 heteroatoms. The van der Waals surface area contributed by atoms with E-state index in [0.717, 1.165) is 13.0 Å². The van der Waals surface area contributed by atoms with Crippen LogP contribution in [0.4, 0.5) is 0 Å². The maximum atomic E-state index is 5.76. The van der Waals surface area contributed by atoms with Crippen LogP contribution in [0.15, 0.2) is 0 Å². The molecule has 1 aliphatic heterocycles. The second-order valence-corrected chi connectivity index (χ2v) is 4.23. The second-order valence-electron chi connectivity index (χ2n) is 4.23. The highest BCUT2D eigenvalue weighted by Gasteiger charge is 2.25. The predicted octanol–water partition coefficient (Wildman–Crippen LogP) is 0.833. The van der Waals surface area contributed by atoms with Crippen LogP contribution in [0.1, 0.15) is 26.7 Å². The minimum atomic E-state index is 0.311. The number of rotatable bonds is 4. The quantitative estimate of drug-likeness (QED) is 0.707. The van der Waals surface area contributed by atoms with E-state index in [0.29, 0.717) is 24.8 Å². The largest absolute Gasteiger partial charge is 0.372 e. The molecule has 13 heavy (non-hydrogen) atoms. The lowest BCUT2D eigenvalue weighted by Gasteiger charge is -2.24. The van der Waals surface area contributed by atoms with Crippen LogP contribution in [-0.2, 0) is 4.74 Å². The molecule has 2 unspecified atom stereocenters. The Morgan fingerprint density at radius 3 is 2.46 bits per heavy atom. The molecule has 3 nitrogen and oxygen atoms in total. The smallest absolute Gasteiger partial charge is 0.0707 e. The van der Waals surface area contributed by atoms with Gasteiger partial charge in [0.2, 0.25) is 0 Å². The number of nitrogens with two attached hydrogens (primary N) is 1. The summed E-state index contributed by atoms with van der Waals surface area (Å²) in [5.74, 6) is 0. The summed E-state index contributed by atoms with van der Waals surface area (Å²) >= 11 is 0. The van der Waals surface area contributed by atoms with Gasteiger partial charge < -0.3 is 15.4 Å². The second kappa shape index (κ2) is 4.94. The molecule has 0 spiro atoms. The molecule has 1 heterocycles. The summed E-state index contributed by atoms with van der Waals surface area (Å²) in [6.07, 6.45) is 3.01. The van der Waals surface area contributed by atoms with Gasteiger partial charge in [0, 0.05) is 19.1 Å². The van der Waals surface area contributed by atoms with Crippen molar-refractivity contribution < 1.29 is 4.74 Å². The SMILES string of the molecule is CC(C)N(C)CC1CCC(CN)O1. The zero-order valence-corrected chi connectivity index (χ0v) is 8.99. The summed E-state index contributed by atoms with van der Waals surface area (Å²) in [6.45, 7) is 6.11. The minimum absolute atomic E-state index is 0.311. The molecule has 2 N–H and O–H groups in total. The van der Waals surface area contributed by atoms with Crippen LogP contribution in [0, 0.1) is 0 Å². The Balaban J connectivity index is 2.23. The maximum Gasteiger partial charge on any atom is 0.0707 e. The Bertz CT molecular complexity index is 150. The molecular weight excluding hydrogens is 164 g/mol. The Hall–Kier alpha value is -0.120. The normalized spacial score (nSPS) is 29.1. The molecular formula is C10H22N2O. The molecule has 1 aliphatic rings. The van der Waals surface area contributed by atoms with Gasteiger partial charge in [0.25, 0.3) is 0 Å². The van der Waals surface area contributed by atoms with Gasteiger partial charge in [-0.15, -0.1) is 0 Å². The first kappa shape index (κ1) is 11.0. The van der Waals surface area contributed by atoms with E-state index in [1.165, 1.54) is 6.42 Å². The van der Waals surface area contributed by atoms with Gasteiger partial charge in [-0.1, -0.05) is 0 Å². The van der Waals surface area contributed by atoms with Gasteiger partial charge in [-0.3, -0.25) is 0 Å². The highest BCUT2D eigenvalue weighted by Crippen LogP contribution is 2.19. The summed E-state index contributed by atoms with van der Waals surface area (Å²) in [5.41, 5.74) is 5.55. The van der Waals surface area contributed by atoms with Gasteiger partial charge >= 0.3 is 0 Å². The highest BCUT2D eigenvalue weighted by atomic mass is 16.5. The summed E-state index contributed by atoms with van der Waals surface area (Å²) in [4.78, 5) is 2.32. The van der Waals surface area contributed by atoms with E-state index in [1.807, 2.05) is 0 Å². The summed E-state index contributed by atoms with van der Waals surface area (Å²) in [6, 6.07) is 0.598. The number of hydrogen-bond acceptors (Lipinski definition) is 3. The standard InChI is InChI=1S/C10H22N2O/c1-8(2)12(3)7-10-5-4-9(6-11)13-10/h8-10H,4-7,11H2,1-3H3. The lowest BCUT2D eigenvalue weighted by molar-refractivity contribution is 0.0268. The predicted molar refractivity (Wildman–Crippen MR) is 54.7 cm³/mol. The maximum absolute atomic E-state index is 5.76. The van der Waals surface area contributed by atoms with Crippen molar-refractivity contribution in [2.24, 2.45) is 5.73 Å². The van der Waals surface area contributed by atoms with Crippen LogP contribution in [-0.4, -0.2) is 43.3 Å². The Kier molecular flexibility index (Phi) is 4.16. The first-order valence-corrected chi connectivity index (χ1v) is 5.19. The molecule has 1 saturated heterocycles. The Labute approximate surface area is 81.2 Å². The molecule has 0 aromatic rings. The number of hydrogen-bond donors (Lipinski definition) is 1. The number of nitrogens with zero attached hydrogens (tertiary/aromatic N) is 1. The fraction of sp³-hybridized carbons (Fsp3) is 1.00. The average Bonchev–Trinajstić information content (AvgIpc) is 2.52. The van der Waals surface area contributed by atoms with Crippen molar-refractivity contribution in [2.75, 3.05) is 20.1 Å². The molecule has 0 saturated carbocycles.